The maximum Gasteiger partial charge on any atom is 0.338 e. The van der Waals surface area contributed by atoms with Crippen molar-refractivity contribution in [2.24, 2.45) is 0 Å². The van der Waals surface area contributed by atoms with Gasteiger partial charge >= 0.3 is 5.97 Å². The highest BCUT2D eigenvalue weighted by atomic mass is 35.5. The molecular formula is C20H17Cl2NO3. The van der Waals surface area contributed by atoms with Gasteiger partial charge in [-0.3, -0.25) is 4.79 Å². The van der Waals surface area contributed by atoms with Crippen LogP contribution in [0.4, 0.5) is 0 Å². The first kappa shape index (κ1) is 18.5. The topological polar surface area (TPSA) is 46.6 Å². The zero-order valence-electron chi connectivity index (χ0n) is 14.0. The Morgan fingerprint density at radius 2 is 1.81 bits per heavy atom. The van der Waals surface area contributed by atoms with Crippen molar-refractivity contribution < 1.29 is 14.3 Å². The van der Waals surface area contributed by atoms with E-state index in [-0.39, 0.29) is 23.1 Å². The average molecular weight is 390 g/mol. The predicted octanol–water partition coefficient (Wildman–Crippen LogP) is 4.47. The molecule has 1 amide bonds. The molecule has 2 aromatic rings. The van der Waals surface area contributed by atoms with E-state index < -0.39 is 5.97 Å². The minimum Gasteiger partial charge on any atom is -0.452 e. The number of nitrogens with zero attached hydrogens (tertiary/aromatic N) is 1. The van der Waals surface area contributed by atoms with Crippen molar-refractivity contribution in [1.82, 2.24) is 4.90 Å². The number of benzene rings is 2. The van der Waals surface area contributed by atoms with E-state index in [2.05, 4.69) is 12.1 Å². The zero-order valence-corrected chi connectivity index (χ0v) is 15.5. The van der Waals surface area contributed by atoms with Crippen LogP contribution in [-0.2, 0) is 9.53 Å². The summed E-state index contributed by atoms with van der Waals surface area (Å²) in [5, 5.41) is 0.621. The van der Waals surface area contributed by atoms with E-state index in [9.17, 15) is 9.59 Å². The highest BCUT2D eigenvalue weighted by Gasteiger charge is 2.19. The smallest absolute Gasteiger partial charge is 0.338 e. The Morgan fingerprint density at radius 3 is 2.46 bits per heavy atom. The summed E-state index contributed by atoms with van der Waals surface area (Å²) in [4.78, 5) is 26.0. The number of ether oxygens (including phenoxy) is 1. The van der Waals surface area contributed by atoms with Crippen molar-refractivity contribution in [3.8, 4) is 0 Å². The first-order valence-electron chi connectivity index (χ1n) is 8.19. The lowest BCUT2D eigenvalue weighted by Crippen LogP contribution is -2.37. The fourth-order valence-corrected chi connectivity index (χ4v) is 3.03. The Labute approximate surface area is 162 Å². The molecule has 26 heavy (non-hydrogen) atoms. The molecule has 1 heterocycles. The van der Waals surface area contributed by atoms with Gasteiger partial charge in [-0.05, 0) is 35.8 Å². The molecule has 134 valence electrons. The van der Waals surface area contributed by atoms with Crippen LogP contribution < -0.4 is 0 Å². The highest BCUT2D eigenvalue weighted by molar-refractivity contribution is 6.42. The van der Waals surface area contributed by atoms with Gasteiger partial charge in [-0.25, -0.2) is 4.79 Å². The predicted molar refractivity (Wildman–Crippen MR) is 102 cm³/mol. The van der Waals surface area contributed by atoms with Crippen LogP contribution in [0.25, 0.3) is 5.57 Å². The van der Waals surface area contributed by atoms with Gasteiger partial charge in [0.1, 0.15) is 0 Å². The van der Waals surface area contributed by atoms with Gasteiger partial charge in [-0.1, -0.05) is 59.6 Å². The number of hydrogen-bond donors (Lipinski definition) is 0. The lowest BCUT2D eigenvalue weighted by Gasteiger charge is -2.26. The molecule has 0 spiro atoms. The van der Waals surface area contributed by atoms with Gasteiger partial charge in [0.25, 0.3) is 5.91 Å². The maximum absolute atomic E-state index is 12.3. The number of amides is 1. The lowest BCUT2D eigenvalue weighted by atomic mass is 10.00. The van der Waals surface area contributed by atoms with E-state index in [0.29, 0.717) is 18.1 Å². The van der Waals surface area contributed by atoms with Crippen LogP contribution in [0.2, 0.25) is 10.0 Å². The summed E-state index contributed by atoms with van der Waals surface area (Å²) in [6, 6.07) is 14.5. The van der Waals surface area contributed by atoms with Crippen molar-refractivity contribution in [1.29, 1.82) is 0 Å². The molecule has 1 aliphatic rings. The Hall–Kier alpha value is -2.30. The number of carbonyl (C=O) groups is 2. The Bertz CT molecular complexity index is 849. The lowest BCUT2D eigenvalue weighted by molar-refractivity contribution is -0.134. The zero-order chi connectivity index (χ0) is 18.5. The molecular weight excluding hydrogens is 373 g/mol. The van der Waals surface area contributed by atoms with E-state index in [1.54, 1.807) is 4.90 Å². The first-order chi connectivity index (χ1) is 12.5. The molecule has 0 aliphatic carbocycles. The number of carbonyl (C=O) groups excluding carboxylic acids is 2. The fraction of sp³-hybridized carbons (Fsp3) is 0.200. The van der Waals surface area contributed by atoms with Crippen molar-refractivity contribution in [2.45, 2.75) is 6.42 Å². The second kappa shape index (κ2) is 8.39. The van der Waals surface area contributed by atoms with Crippen molar-refractivity contribution in [3.63, 3.8) is 0 Å². The van der Waals surface area contributed by atoms with Gasteiger partial charge in [0.15, 0.2) is 6.61 Å². The van der Waals surface area contributed by atoms with Crippen molar-refractivity contribution >= 4 is 40.7 Å². The van der Waals surface area contributed by atoms with Gasteiger partial charge in [-0.15, -0.1) is 0 Å². The molecule has 0 fully saturated rings. The summed E-state index contributed by atoms with van der Waals surface area (Å²) < 4.78 is 5.10. The second-order valence-electron chi connectivity index (χ2n) is 5.89. The van der Waals surface area contributed by atoms with Crippen LogP contribution in [0.5, 0.6) is 0 Å². The molecule has 1 aliphatic heterocycles. The molecule has 0 atom stereocenters. The number of esters is 1. The van der Waals surface area contributed by atoms with Crippen LogP contribution in [0.3, 0.4) is 0 Å². The Morgan fingerprint density at radius 1 is 1.04 bits per heavy atom. The van der Waals surface area contributed by atoms with E-state index >= 15 is 0 Å². The summed E-state index contributed by atoms with van der Waals surface area (Å²) >= 11 is 11.7. The fourth-order valence-electron chi connectivity index (χ4n) is 2.74. The molecule has 0 saturated heterocycles. The SMILES string of the molecule is O=C(OCC(=O)N1CC=C(c2ccccc2)CC1)c1ccc(Cl)c(Cl)c1. The largest absolute Gasteiger partial charge is 0.452 e. The van der Waals surface area contributed by atoms with Gasteiger partial charge in [0, 0.05) is 13.1 Å². The summed E-state index contributed by atoms with van der Waals surface area (Å²) in [5.74, 6) is -0.823. The molecule has 0 unspecified atom stereocenters. The van der Waals surface area contributed by atoms with Gasteiger partial charge in [0.2, 0.25) is 0 Å². The molecule has 0 radical (unpaired) electrons. The van der Waals surface area contributed by atoms with Gasteiger partial charge in [-0.2, -0.15) is 0 Å². The summed E-state index contributed by atoms with van der Waals surface area (Å²) in [6.07, 6.45) is 2.81. The third kappa shape index (κ3) is 4.45. The van der Waals surface area contributed by atoms with Crippen LogP contribution in [0.1, 0.15) is 22.3 Å². The number of hydrogen-bond acceptors (Lipinski definition) is 3. The van der Waals surface area contributed by atoms with Crippen molar-refractivity contribution in [3.05, 3.63) is 75.8 Å². The third-order valence-corrected chi connectivity index (χ3v) is 4.93. The van der Waals surface area contributed by atoms with Gasteiger partial charge < -0.3 is 9.64 Å². The first-order valence-corrected chi connectivity index (χ1v) is 8.94. The molecule has 2 aromatic carbocycles. The summed E-state index contributed by atoms with van der Waals surface area (Å²) in [5.41, 5.74) is 2.66. The average Bonchev–Trinajstić information content (AvgIpc) is 2.68. The van der Waals surface area contributed by atoms with Gasteiger partial charge in [0.05, 0.1) is 15.6 Å². The number of halogens is 2. The van der Waals surface area contributed by atoms with E-state index in [1.807, 2.05) is 24.3 Å². The standard InChI is InChI=1S/C20H17Cl2NO3/c21-17-7-6-16(12-18(17)22)20(25)26-13-19(24)23-10-8-15(9-11-23)14-4-2-1-3-5-14/h1-8,12H,9-11,13H2. The van der Waals surface area contributed by atoms with E-state index in [4.69, 9.17) is 27.9 Å². The molecule has 0 saturated carbocycles. The summed E-state index contributed by atoms with van der Waals surface area (Å²) in [7, 11) is 0. The normalized spacial score (nSPS) is 13.9. The van der Waals surface area contributed by atoms with Crippen LogP contribution in [-0.4, -0.2) is 36.5 Å². The van der Waals surface area contributed by atoms with E-state index in [1.165, 1.54) is 29.3 Å². The molecule has 4 nitrogen and oxygen atoms in total. The molecule has 0 bridgehead atoms. The Balaban J connectivity index is 1.53. The van der Waals surface area contributed by atoms with Crippen molar-refractivity contribution in [2.75, 3.05) is 19.7 Å². The quantitative estimate of drug-likeness (QED) is 0.724. The third-order valence-electron chi connectivity index (χ3n) is 4.19. The minimum absolute atomic E-state index is 0.221. The summed E-state index contributed by atoms with van der Waals surface area (Å²) in [6.45, 7) is 0.810. The number of rotatable bonds is 4. The highest BCUT2D eigenvalue weighted by Crippen LogP contribution is 2.23. The Kier molecular flexibility index (Phi) is 5.96. The van der Waals surface area contributed by atoms with E-state index in [0.717, 1.165) is 6.42 Å². The molecule has 6 heteroatoms. The van der Waals surface area contributed by atoms with Crippen LogP contribution in [0, 0.1) is 0 Å². The monoisotopic (exact) mass is 389 g/mol. The van der Waals surface area contributed by atoms with Crippen LogP contribution >= 0.6 is 23.2 Å². The maximum atomic E-state index is 12.3. The molecule has 3 rings (SSSR count). The second-order valence-corrected chi connectivity index (χ2v) is 6.70. The minimum atomic E-state index is -0.602. The molecule has 0 aromatic heterocycles. The molecule has 0 N–H and O–H groups in total. The van der Waals surface area contributed by atoms with Crippen LogP contribution in [0.15, 0.2) is 54.6 Å².